The maximum Gasteiger partial charge on any atom is 0.341 e. The van der Waals surface area contributed by atoms with Crippen molar-refractivity contribution in [2.75, 3.05) is 13.1 Å². The van der Waals surface area contributed by atoms with Gasteiger partial charge in [-0.05, 0) is 18.2 Å². The number of hydrogen-bond acceptors (Lipinski definition) is 6. The Morgan fingerprint density at radius 2 is 2.00 bits per heavy atom. The van der Waals surface area contributed by atoms with E-state index in [0.29, 0.717) is 18.8 Å². The number of rotatable bonds is 5. The van der Waals surface area contributed by atoms with Crippen molar-refractivity contribution in [1.29, 1.82) is 0 Å². The molecule has 1 unspecified atom stereocenters. The summed E-state index contributed by atoms with van der Waals surface area (Å²) >= 11 is 0. The van der Waals surface area contributed by atoms with Crippen molar-refractivity contribution < 1.29 is 26.7 Å². The minimum absolute atomic E-state index is 0.193. The number of carbonyl (C=O) groups excluding carboxylic acids is 1. The van der Waals surface area contributed by atoms with Gasteiger partial charge in [-0.25, -0.2) is 8.42 Å². The van der Waals surface area contributed by atoms with Crippen LogP contribution in [0.1, 0.15) is 16.8 Å². The van der Waals surface area contributed by atoms with Crippen LogP contribution in [-0.4, -0.2) is 54.4 Å². The number of likely N-dealkylation sites (tertiary alicyclic amines) is 1. The van der Waals surface area contributed by atoms with Gasteiger partial charge < -0.3 is 9.64 Å². The zero-order chi connectivity index (χ0) is 18.7. The van der Waals surface area contributed by atoms with Gasteiger partial charge in [0.25, 0.3) is 5.91 Å². The van der Waals surface area contributed by atoms with Crippen LogP contribution in [0, 0.1) is 0 Å². The number of hydrogen-bond donors (Lipinski definition) is 0. The number of alkyl halides is 2. The fraction of sp³-hybridized carbons (Fsp3) is 0.312. The van der Waals surface area contributed by atoms with E-state index < -0.39 is 26.4 Å². The second-order valence-electron chi connectivity index (χ2n) is 5.64. The van der Waals surface area contributed by atoms with E-state index in [1.54, 1.807) is 12.1 Å². The smallest absolute Gasteiger partial charge is 0.341 e. The lowest BCUT2D eigenvalue weighted by Gasteiger charge is -2.18. The van der Waals surface area contributed by atoms with Gasteiger partial charge in [-0.2, -0.15) is 13.9 Å². The van der Waals surface area contributed by atoms with Crippen molar-refractivity contribution in [3.63, 3.8) is 0 Å². The van der Waals surface area contributed by atoms with E-state index in [0.717, 1.165) is 6.07 Å². The summed E-state index contributed by atoms with van der Waals surface area (Å²) in [5.74, 6) is -3.91. The third-order valence-corrected chi connectivity index (χ3v) is 5.36. The van der Waals surface area contributed by atoms with Gasteiger partial charge in [-0.15, -0.1) is 5.10 Å². The lowest BCUT2D eigenvalue weighted by atomic mass is 10.2. The first-order chi connectivity index (χ1) is 12.4. The summed E-state index contributed by atoms with van der Waals surface area (Å²) in [6.07, 6.45) is 1.67. The summed E-state index contributed by atoms with van der Waals surface area (Å²) in [7, 11) is -4.87. The molecule has 1 saturated heterocycles. The van der Waals surface area contributed by atoms with Crippen molar-refractivity contribution in [1.82, 2.24) is 15.1 Å². The van der Waals surface area contributed by atoms with Gasteiger partial charge in [-0.3, -0.25) is 4.79 Å². The van der Waals surface area contributed by atoms with E-state index in [2.05, 4.69) is 10.2 Å². The molecule has 2 heterocycles. The van der Waals surface area contributed by atoms with Crippen molar-refractivity contribution in [3.05, 3.63) is 48.2 Å². The highest BCUT2D eigenvalue weighted by Crippen LogP contribution is 2.25. The molecule has 0 aliphatic carbocycles. The summed E-state index contributed by atoms with van der Waals surface area (Å²) < 4.78 is 55.0. The summed E-state index contributed by atoms with van der Waals surface area (Å²) in [6, 6.07) is 8.26. The van der Waals surface area contributed by atoms with Crippen LogP contribution in [0.5, 0.6) is 5.88 Å². The quantitative estimate of drug-likeness (QED) is 0.782. The van der Waals surface area contributed by atoms with Crippen LogP contribution in [0.15, 0.2) is 47.5 Å². The predicted octanol–water partition coefficient (Wildman–Crippen LogP) is 1.77. The zero-order valence-electron chi connectivity index (χ0n) is 13.5. The van der Waals surface area contributed by atoms with Gasteiger partial charge in [-0.1, -0.05) is 12.1 Å². The number of nitrogens with zero attached hydrogens (tertiary/aromatic N) is 3. The van der Waals surface area contributed by atoms with Crippen molar-refractivity contribution in [2.45, 2.75) is 23.2 Å². The molecule has 10 heteroatoms. The van der Waals surface area contributed by atoms with Gasteiger partial charge in [0.15, 0.2) is 0 Å². The molecule has 0 spiro atoms. The van der Waals surface area contributed by atoms with E-state index in [1.165, 1.54) is 29.3 Å². The molecule has 26 heavy (non-hydrogen) atoms. The van der Waals surface area contributed by atoms with Gasteiger partial charge in [0, 0.05) is 25.2 Å². The number of ether oxygens (including phenoxy) is 1. The second-order valence-corrected chi connectivity index (χ2v) is 7.53. The van der Waals surface area contributed by atoms with Gasteiger partial charge in [0.1, 0.15) is 6.10 Å². The average Bonchev–Trinajstić information content (AvgIpc) is 3.10. The Labute approximate surface area is 148 Å². The molecule has 0 radical (unpaired) electrons. The van der Waals surface area contributed by atoms with Crippen LogP contribution in [0.4, 0.5) is 8.78 Å². The van der Waals surface area contributed by atoms with Gasteiger partial charge in [0.2, 0.25) is 15.7 Å². The SMILES string of the molecule is O=C(c1ccccc1S(=O)(=O)C(F)F)N1CCC(Oc2cccnn2)C1. The van der Waals surface area contributed by atoms with Gasteiger partial charge in [0.05, 0.1) is 17.0 Å². The highest BCUT2D eigenvalue weighted by atomic mass is 32.2. The molecule has 7 nitrogen and oxygen atoms in total. The summed E-state index contributed by atoms with van der Waals surface area (Å²) in [5.41, 5.74) is -0.270. The number of sulfone groups is 1. The topological polar surface area (TPSA) is 89.5 Å². The summed E-state index contributed by atoms with van der Waals surface area (Å²) in [5, 5.41) is 7.49. The highest BCUT2D eigenvalue weighted by Gasteiger charge is 2.34. The number of carbonyl (C=O) groups is 1. The third-order valence-electron chi connectivity index (χ3n) is 3.93. The van der Waals surface area contributed by atoms with E-state index in [-0.39, 0.29) is 18.2 Å². The lowest BCUT2D eigenvalue weighted by Crippen LogP contribution is -2.32. The Hall–Kier alpha value is -2.62. The number of amides is 1. The third kappa shape index (κ3) is 3.64. The first-order valence-corrected chi connectivity index (χ1v) is 9.29. The largest absolute Gasteiger partial charge is 0.471 e. The zero-order valence-corrected chi connectivity index (χ0v) is 14.3. The maximum absolute atomic E-state index is 12.9. The van der Waals surface area contributed by atoms with E-state index >= 15 is 0 Å². The minimum Gasteiger partial charge on any atom is -0.471 e. The molecule has 2 aromatic rings. The summed E-state index contributed by atoms with van der Waals surface area (Å²) in [6.45, 7) is 0.505. The Bertz CT molecular complexity index is 893. The van der Waals surface area contributed by atoms with E-state index in [9.17, 15) is 22.0 Å². The molecule has 1 atom stereocenters. The van der Waals surface area contributed by atoms with Gasteiger partial charge >= 0.3 is 5.76 Å². The molecule has 1 amide bonds. The van der Waals surface area contributed by atoms with E-state index in [4.69, 9.17) is 4.74 Å². The first kappa shape index (κ1) is 18.2. The molecule has 1 aliphatic rings. The Morgan fingerprint density at radius 1 is 1.23 bits per heavy atom. The summed E-state index contributed by atoms with van der Waals surface area (Å²) in [4.78, 5) is 13.4. The van der Waals surface area contributed by atoms with Crippen LogP contribution in [-0.2, 0) is 9.84 Å². The standard InChI is InChI=1S/C16H15F2N3O4S/c17-16(18)26(23,24)13-5-2-1-4-12(13)15(22)21-9-7-11(10-21)25-14-6-3-8-19-20-14/h1-6,8,11,16H,7,9-10H2. The van der Waals surface area contributed by atoms with Crippen LogP contribution in [0.25, 0.3) is 0 Å². The number of halogens is 2. The minimum atomic E-state index is -4.87. The number of aromatic nitrogens is 2. The monoisotopic (exact) mass is 383 g/mol. The van der Waals surface area contributed by atoms with Crippen molar-refractivity contribution >= 4 is 15.7 Å². The molecule has 0 N–H and O–H groups in total. The molecule has 0 saturated carbocycles. The van der Waals surface area contributed by atoms with Crippen LogP contribution in [0.3, 0.4) is 0 Å². The molecule has 1 fully saturated rings. The van der Waals surface area contributed by atoms with Crippen LogP contribution < -0.4 is 4.74 Å². The molecule has 1 aliphatic heterocycles. The first-order valence-electron chi connectivity index (χ1n) is 7.74. The molecular weight excluding hydrogens is 368 g/mol. The molecule has 138 valence electrons. The normalized spacial score (nSPS) is 17.5. The fourth-order valence-corrected chi connectivity index (χ4v) is 3.61. The Kier molecular flexibility index (Phi) is 5.12. The van der Waals surface area contributed by atoms with Crippen molar-refractivity contribution in [3.8, 4) is 5.88 Å². The van der Waals surface area contributed by atoms with Crippen molar-refractivity contribution in [2.24, 2.45) is 0 Å². The molecular formula is C16H15F2N3O4S. The predicted molar refractivity (Wildman–Crippen MR) is 86.6 cm³/mol. The highest BCUT2D eigenvalue weighted by molar-refractivity contribution is 7.91. The Balaban J connectivity index is 1.77. The molecule has 3 rings (SSSR count). The molecule has 1 aromatic carbocycles. The van der Waals surface area contributed by atoms with Crippen LogP contribution in [0.2, 0.25) is 0 Å². The Morgan fingerprint density at radius 3 is 2.69 bits per heavy atom. The molecule has 0 bridgehead atoms. The average molecular weight is 383 g/mol. The fourth-order valence-electron chi connectivity index (χ4n) is 2.69. The lowest BCUT2D eigenvalue weighted by molar-refractivity contribution is 0.0767. The van der Waals surface area contributed by atoms with Crippen LogP contribution >= 0.6 is 0 Å². The second kappa shape index (κ2) is 7.32. The molecule has 1 aromatic heterocycles. The number of benzene rings is 1. The van der Waals surface area contributed by atoms with E-state index in [1.807, 2.05) is 0 Å². The maximum atomic E-state index is 12.9.